The van der Waals surface area contributed by atoms with Crippen molar-refractivity contribution in [2.24, 2.45) is 0 Å². The summed E-state index contributed by atoms with van der Waals surface area (Å²) in [6.45, 7) is 12.9. The molecule has 0 aromatic carbocycles. The number of fused-ring (bicyclic) bond motifs is 1. The van der Waals surface area contributed by atoms with Crippen molar-refractivity contribution in [1.82, 2.24) is 14.7 Å². The number of amides is 1. The Morgan fingerprint density at radius 3 is 2.57 bits per heavy atom. The standard InChI is InChI=1S/C13H19N3O3.2C2H6/c1-9-11-7-15(13(17)18-2)5-3-12(11)16(14-9)10-4-6-19-8-10;2*1-2/h10H,3-8H2,1-2H3;2*1-2H3. The van der Waals surface area contributed by atoms with Gasteiger partial charge >= 0.3 is 6.09 Å². The summed E-state index contributed by atoms with van der Waals surface area (Å²) in [4.78, 5) is 13.3. The van der Waals surface area contributed by atoms with Crippen LogP contribution in [-0.2, 0) is 22.4 Å². The molecule has 1 unspecified atom stereocenters. The Hall–Kier alpha value is -1.56. The first-order valence-corrected chi connectivity index (χ1v) is 8.68. The first-order valence-electron chi connectivity index (χ1n) is 8.68. The molecule has 23 heavy (non-hydrogen) atoms. The second kappa shape index (κ2) is 9.55. The van der Waals surface area contributed by atoms with Gasteiger partial charge in [-0.25, -0.2) is 4.79 Å². The molecule has 0 N–H and O–H groups in total. The van der Waals surface area contributed by atoms with Gasteiger partial charge in [0.2, 0.25) is 0 Å². The Labute approximate surface area is 139 Å². The smallest absolute Gasteiger partial charge is 0.409 e. The molecule has 3 heterocycles. The number of nitrogens with zero attached hydrogens (tertiary/aromatic N) is 3. The maximum absolute atomic E-state index is 11.6. The summed E-state index contributed by atoms with van der Waals surface area (Å²) in [5.74, 6) is 0. The fourth-order valence-corrected chi connectivity index (χ4v) is 2.91. The molecule has 1 aromatic heterocycles. The molecule has 1 amide bonds. The monoisotopic (exact) mass is 325 g/mol. The normalized spacial score (nSPS) is 19.0. The third kappa shape index (κ3) is 4.25. The molecule has 132 valence electrons. The Balaban J connectivity index is 0.000000615. The van der Waals surface area contributed by atoms with Gasteiger partial charge in [-0.1, -0.05) is 27.7 Å². The summed E-state index contributed by atoms with van der Waals surface area (Å²) in [6, 6.07) is 0.354. The van der Waals surface area contributed by atoms with Gasteiger partial charge in [0.15, 0.2) is 0 Å². The number of aryl methyl sites for hydroxylation is 1. The summed E-state index contributed by atoms with van der Waals surface area (Å²) in [5.41, 5.74) is 3.44. The number of methoxy groups -OCH3 is 1. The van der Waals surface area contributed by atoms with Crippen LogP contribution >= 0.6 is 0 Å². The molecule has 6 nitrogen and oxygen atoms in total. The number of hydrogen-bond acceptors (Lipinski definition) is 4. The molecule has 0 spiro atoms. The van der Waals surface area contributed by atoms with Crippen LogP contribution in [0.3, 0.4) is 0 Å². The van der Waals surface area contributed by atoms with Crippen LogP contribution in [0.4, 0.5) is 4.79 Å². The fraction of sp³-hybridized carbons (Fsp3) is 0.765. The van der Waals surface area contributed by atoms with E-state index in [1.165, 1.54) is 18.4 Å². The lowest BCUT2D eigenvalue weighted by Crippen LogP contribution is -2.36. The lowest BCUT2D eigenvalue weighted by Gasteiger charge is -2.27. The highest BCUT2D eigenvalue weighted by Crippen LogP contribution is 2.28. The van der Waals surface area contributed by atoms with Crippen molar-refractivity contribution >= 4 is 6.09 Å². The van der Waals surface area contributed by atoms with Gasteiger partial charge < -0.3 is 14.4 Å². The van der Waals surface area contributed by atoms with Crippen molar-refractivity contribution in [1.29, 1.82) is 0 Å². The van der Waals surface area contributed by atoms with Crippen LogP contribution in [0.1, 0.15) is 57.1 Å². The largest absolute Gasteiger partial charge is 0.453 e. The molecule has 1 fully saturated rings. The Morgan fingerprint density at radius 2 is 2.00 bits per heavy atom. The number of carbonyl (C=O) groups is 1. The van der Waals surface area contributed by atoms with E-state index in [1.54, 1.807) is 4.90 Å². The van der Waals surface area contributed by atoms with E-state index in [-0.39, 0.29) is 6.09 Å². The lowest BCUT2D eigenvalue weighted by molar-refractivity contribution is 0.118. The number of rotatable bonds is 1. The first-order chi connectivity index (χ1) is 11.2. The molecular formula is C17H31N3O3. The Kier molecular flexibility index (Phi) is 8.09. The average molecular weight is 325 g/mol. The highest BCUT2D eigenvalue weighted by atomic mass is 16.5. The zero-order valence-corrected chi connectivity index (χ0v) is 15.4. The SMILES string of the molecule is CC.CC.COC(=O)N1CCc2c(c(C)nn2C2CCOC2)C1. The molecule has 1 saturated heterocycles. The molecule has 0 radical (unpaired) electrons. The number of carbonyl (C=O) groups excluding carboxylic acids is 1. The van der Waals surface area contributed by atoms with Gasteiger partial charge in [-0.2, -0.15) is 5.10 Å². The van der Waals surface area contributed by atoms with E-state index < -0.39 is 0 Å². The third-order valence-electron chi connectivity index (χ3n) is 3.97. The van der Waals surface area contributed by atoms with E-state index in [0.29, 0.717) is 19.1 Å². The number of aromatic nitrogens is 2. The predicted molar refractivity (Wildman–Crippen MR) is 90.7 cm³/mol. The second-order valence-electron chi connectivity index (χ2n) is 5.11. The molecular weight excluding hydrogens is 294 g/mol. The maximum Gasteiger partial charge on any atom is 0.409 e. The quantitative estimate of drug-likeness (QED) is 0.795. The Morgan fingerprint density at radius 1 is 1.30 bits per heavy atom. The zero-order chi connectivity index (χ0) is 17.4. The first kappa shape index (κ1) is 19.5. The van der Waals surface area contributed by atoms with Crippen LogP contribution in [0.2, 0.25) is 0 Å². The van der Waals surface area contributed by atoms with Gasteiger partial charge in [0, 0.05) is 30.8 Å². The molecule has 2 aliphatic heterocycles. The van der Waals surface area contributed by atoms with Gasteiger partial charge in [0.1, 0.15) is 0 Å². The van der Waals surface area contributed by atoms with Crippen molar-refractivity contribution in [3.05, 3.63) is 17.0 Å². The van der Waals surface area contributed by atoms with Crippen LogP contribution in [0, 0.1) is 6.92 Å². The zero-order valence-electron chi connectivity index (χ0n) is 15.4. The van der Waals surface area contributed by atoms with E-state index >= 15 is 0 Å². The minimum absolute atomic E-state index is 0.262. The van der Waals surface area contributed by atoms with Gasteiger partial charge in [-0.3, -0.25) is 4.68 Å². The van der Waals surface area contributed by atoms with E-state index in [2.05, 4.69) is 9.78 Å². The van der Waals surface area contributed by atoms with Crippen LogP contribution in [0.5, 0.6) is 0 Å². The maximum atomic E-state index is 11.6. The van der Waals surface area contributed by atoms with Crippen LogP contribution in [0.15, 0.2) is 0 Å². The summed E-state index contributed by atoms with van der Waals surface area (Å²) < 4.78 is 12.4. The predicted octanol–water partition coefficient (Wildman–Crippen LogP) is 3.33. The van der Waals surface area contributed by atoms with Gasteiger partial charge in [-0.15, -0.1) is 0 Å². The van der Waals surface area contributed by atoms with Crippen molar-refractivity contribution in [3.8, 4) is 0 Å². The average Bonchev–Trinajstić information content (AvgIpc) is 3.26. The van der Waals surface area contributed by atoms with Crippen molar-refractivity contribution in [2.75, 3.05) is 26.9 Å². The highest BCUT2D eigenvalue weighted by molar-refractivity contribution is 5.68. The number of hydrogen-bond donors (Lipinski definition) is 0. The molecule has 1 aromatic rings. The second-order valence-corrected chi connectivity index (χ2v) is 5.11. The Bertz CT molecular complexity index is 494. The third-order valence-corrected chi connectivity index (χ3v) is 3.97. The summed E-state index contributed by atoms with van der Waals surface area (Å²) in [5, 5.41) is 4.65. The molecule has 6 heteroatoms. The van der Waals surface area contributed by atoms with E-state index in [1.807, 2.05) is 34.6 Å². The van der Waals surface area contributed by atoms with Crippen molar-refractivity contribution in [3.63, 3.8) is 0 Å². The summed E-state index contributed by atoms with van der Waals surface area (Å²) in [7, 11) is 1.42. The lowest BCUT2D eigenvalue weighted by atomic mass is 10.1. The molecule has 3 rings (SSSR count). The van der Waals surface area contributed by atoms with Gasteiger partial charge in [0.25, 0.3) is 0 Å². The highest BCUT2D eigenvalue weighted by Gasteiger charge is 2.30. The minimum atomic E-state index is -0.262. The molecule has 0 bridgehead atoms. The summed E-state index contributed by atoms with van der Waals surface area (Å²) >= 11 is 0. The van der Waals surface area contributed by atoms with E-state index in [0.717, 1.165) is 31.7 Å². The molecule has 2 aliphatic rings. The van der Waals surface area contributed by atoms with Crippen LogP contribution < -0.4 is 0 Å². The topological polar surface area (TPSA) is 56.6 Å². The molecule has 0 saturated carbocycles. The number of ether oxygens (including phenoxy) is 2. The van der Waals surface area contributed by atoms with Crippen LogP contribution in [-0.4, -0.2) is 47.6 Å². The van der Waals surface area contributed by atoms with E-state index in [9.17, 15) is 4.79 Å². The van der Waals surface area contributed by atoms with Gasteiger partial charge in [0.05, 0.1) is 32.0 Å². The van der Waals surface area contributed by atoms with Crippen molar-refractivity contribution in [2.45, 2.75) is 60.0 Å². The van der Waals surface area contributed by atoms with Crippen LogP contribution in [0.25, 0.3) is 0 Å². The molecule has 0 aliphatic carbocycles. The summed E-state index contributed by atoms with van der Waals surface area (Å²) in [6.07, 6.45) is 1.60. The molecule has 1 atom stereocenters. The van der Waals surface area contributed by atoms with Crippen molar-refractivity contribution < 1.29 is 14.3 Å². The fourth-order valence-electron chi connectivity index (χ4n) is 2.91. The van der Waals surface area contributed by atoms with E-state index in [4.69, 9.17) is 9.47 Å². The minimum Gasteiger partial charge on any atom is -0.453 e. The van der Waals surface area contributed by atoms with Gasteiger partial charge in [-0.05, 0) is 13.3 Å².